The number of rotatable bonds is 5. The first kappa shape index (κ1) is 22.5. The first-order valence-corrected chi connectivity index (χ1v) is 12.0. The molecule has 4 rings (SSSR count). The molecule has 0 amide bonds. The third-order valence-electron chi connectivity index (χ3n) is 5.36. The highest BCUT2D eigenvalue weighted by Gasteiger charge is 2.25. The van der Waals surface area contributed by atoms with Gasteiger partial charge in [-0.05, 0) is 13.0 Å². The molecular formula is C20H19ClF3N5O2S. The summed E-state index contributed by atoms with van der Waals surface area (Å²) < 4.78 is 64.2. The smallest absolute Gasteiger partial charge is 0.266 e. The Kier molecular flexibility index (Phi) is 6.13. The quantitative estimate of drug-likeness (QED) is 0.543. The van der Waals surface area contributed by atoms with Crippen LogP contribution in [0.4, 0.5) is 24.7 Å². The van der Waals surface area contributed by atoms with Gasteiger partial charge in [0.15, 0.2) is 20.6 Å². The van der Waals surface area contributed by atoms with Crippen molar-refractivity contribution < 1.29 is 21.6 Å². The van der Waals surface area contributed by atoms with Gasteiger partial charge in [0, 0.05) is 18.7 Å². The summed E-state index contributed by atoms with van der Waals surface area (Å²) in [6, 6.07) is 4.86. The molecule has 1 fully saturated rings. The summed E-state index contributed by atoms with van der Waals surface area (Å²) in [5.41, 5.74) is 0.220. The largest absolute Gasteiger partial charge is 0.367 e. The van der Waals surface area contributed by atoms with Gasteiger partial charge in [0.05, 0.1) is 34.2 Å². The number of sulfone groups is 1. The summed E-state index contributed by atoms with van der Waals surface area (Å²) in [5.74, 6) is -0.639. The molecule has 32 heavy (non-hydrogen) atoms. The van der Waals surface area contributed by atoms with E-state index in [1.165, 1.54) is 18.5 Å². The highest BCUT2D eigenvalue weighted by atomic mass is 35.5. The molecule has 1 N–H and O–H groups in total. The van der Waals surface area contributed by atoms with Gasteiger partial charge in [-0.2, -0.15) is 0 Å². The highest BCUT2D eigenvalue weighted by molar-refractivity contribution is 7.91. The maximum absolute atomic E-state index is 14.6. The number of nitrogens with one attached hydrogen (secondary N) is 1. The molecule has 170 valence electrons. The van der Waals surface area contributed by atoms with Gasteiger partial charge in [-0.1, -0.05) is 29.8 Å². The first-order valence-electron chi connectivity index (χ1n) is 9.76. The van der Waals surface area contributed by atoms with Gasteiger partial charge >= 0.3 is 0 Å². The Labute approximate surface area is 187 Å². The third-order valence-corrected chi connectivity index (χ3v) is 7.25. The van der Waals surface area contributed by atoms with E-state index < -0.39 is 33.7 Å². The van der Waals surface area contributed by atoms with Crippen LogP contribution in [0.15, 0.2) is 30.6 Å². The van der Waals surface area contributed by atoms with Crippen LogP contribution in [-0.4, -0.2) is 48.0 Å². The van der Waals surface area contributed by atoms with E-state index in [1.54, 1.807) is 13.0 Å². The van der Waals surface area contributed by atoms with Gasteiger partial charge in [0.2, 0.25) is 0 Å². The van der Waals surface area contributed by atoms with Crippen LogP contribution in [0.1, 0.15) is 30.5 Å². The Balaban J connectivity index is 1.69. The zero-order valence-corrected chi connectivity index (χ0v) is 18.5. The Hall–Kier alpha value is -2.66. The predicted octanol–water partition coefficient (Wildman–Crippen LogP) is 4.16. The lowest BCUT2D eigenvalue weighted by Gasteiger charge is -2.29. The number of hydrogen-bond acceptors (Lipinski definition) is 7. The molecule has 2 aromatic heterocycles. The van der Waals surface area contributed by atoms with E-state index in [4.69, 9.17) is 11.6 Å². The summed E-state index contributed by atoms with van der Waals surface area (Å²) in [6.07, 6.45) is -1.66. The second-order valence-corrected chi connectivity index (χ2v) is 10.1. The predicted molar refractivity (Wildman–Crippen MR) is 117 cm³/mol. The fourth-order valence-electron chi connectivity index (χ4n) is 3.60. The molecule has 12 heteroatoms. The summed E-state index contributed by atoms with van der Waals surface area (Å²) in [5, 5.41) is 3.69. The lowest BCUT2D eigenvalue weighted by atomic mass is 10.0. The van der Waals surface area contributed by atoms with Crippen molar-refractivity contribution in [3.63, 3.8) is 0 Å². The number of halogens is 4. The monoisotopic (exact) mass is 485 g/mol. The van der Waals surface area contributed by atoms with Crippen molar-refractivity contribution in [3.8, 4) is 0 Å². The molecule has 0 aliphatic carbocycles. The van der Waals surface area contributed by atoms with Crippen LogP contribution in [0.2, 0.25) is 5.15 Å². The number of benzene rings is 1. The third kappa shape index (κ3) is 4.44. The van der Waals surface area contributed by atoms with Gasteiger partial charge in [-0.25, -0.2) is 36.5 Å². The number of fused-ring (bicyclic) bond motifs is 1. The number of aromatic nitrogens is 3. The number of alkyl halides is 2. The lowest BCUT2D eigenvalue weighted by Crippen LogP contribution is -2.40. The number of pyridine rings is 1. The number of anilines is 2. The van der Waals surface area contributed by atoms with Crippen LogP contribution >= 0.6 is 11.6 Å². The number of hydrogen-bond donors (Lipinski definition) is 1. The Morgan fingerprint density at radius 2 is 1.84 bits per heavy atom. The molecule has 0 unspecified atom stereocenters. The summed E-state index contributed by atoms with van der Waals surface area (Å²) in [7, 11) is -3.08. The summed E-state index contributed by atoms with van der Waals surface area (Å²) in [6.45, 7) is 2.17. The Morgan fingerprint density at radius 1 is 1.16 bits per heavy atom. The first-order chi connectivity index (χ1) is 15.2. The van der Waals surface area contributed by atoms with E-state index in [9.17, 15) is 21.6 Å². The van der Waals surface area contributed by atoms with Crippen LogP contribution in [0.3, 0.4) is 0 Å². The van der Waals surface area contributed by atoms with E-state index >= 15 is 0 Å². The fourth-order valence-corrected chi connectivity index (χ4v) is 5.05. The van der Waals surface area contributed by atoms with Crippen LogP contribution in [0.25, 0.3) is 11.0 Å². The minimum atomic E-state index is -3.08. The highest BCUT2D eigenvalue weighted by Crippen LogP contribution is 2.33. The molecule has 0 radical (unpaired) electrons. The molecule has 1 aromatic carbocycles. The summed E-state index contributed by atoms with van der Waals surface area (Å²) in [4.78, 5) is 14.4. The van der Waals surface area contributed by atoms with Crippen molar-refractivity contribution >= 4 is 44.0 Å². The second kappa shape index (κ2) is 8.70. The van der Waals surface area contributed by atoms with Gasteiger partial charge in [-0.3, -0.25) is 0 Å². The molecule has 1 atom stereocenters. The van der Waals surface area contributed by atoms with Crippen molar-refractivity contribution in [1.82, 2.24) is 15.0 Å². The normalized spacial score (nSPS) is 17.0. The minimum absolute atomic E-state index is 0.00848. The van der Waals surface area contributed by atoms with E-state index in [0.717, 1.165) is 6.07 Å². The van der Waals surface area contributed by atoms with Crippen molar-refractivity contribution in [2.24, 2.45) is 0 Å². The van der Waals surface area contributed by atoms with Crippen LogP contribution in [0, 0.1) is 5.82 Å². The summed E-state index contributed by atoms with van der Waals surface area (Å²) >= 11 is 6.33. The molecule has 1 aliphatic heterocycles. The fraction of sp³-hybridized carbons (Fsp3) is 0.350. The second-order valence-electron chi connectivity index (χ2n) is 7.45. The molecule has 0 saturated carbocycles. The van der Waals surface area contributed by atoms with Crippen LogP contribution in [0.5, 0.6) is 0 Å². The molecule has 7 nitrogen and oxygen atoms in total. The molecule has 3 aromatic rings. The van der Waals surface area contributed by atoms with Crippen LogP contribution < -0.4 is 10.2 Å². The van der Waals surface area contributed by atoms with Gasteiger partial charge < -0.3 is 10.2 Å². The van der Waals surface area contributed by atoms with E-state index in [2.05, 4.69) is 20.3 Å². The van der Waals surface area contributed by atoms with Crippen LogP contribution in [-0.2, 0) is 9.84 Å². The molecule has 1 aliphatic rings. The SMILES string of the molecule is C[C@@H](Nc1ncnc2nc(Cl)c(N3CCS(=O)(=O)CC3)cc12)c1cccc(C(F)F)c1F. The molecule has 0 spiro atoms. The Bertz CT molecular complexity index is 1260. The standard InChI is InChI=1S/C20H19ClF3N5O2S/c1-11(12-3-2-4-13(16(12)22)18(23)24)27-19-14-9-15(17(21)28-20(14)26-10-25-19)29-5-7-32(30,31)8-6-29/h2-4,9-11,18H,5-8H2,1H3,(H,25,26,27,28)/t11-/m1/s1. The zero-order chi connectivity index (χ0) is 23.0. The number of nitrogens with zero attached hydrogens (tertiary/aromatic N) is 4. The topological polar surface area (TPSA) is 88.1 Å². The molecular weight excluding hydrogens is 467 g/mol. The molecule has 0 bridgehead atoms. The molecule has 1 saturated heterocycles. The van der Waals surface area contributed by atoms with E-state index in [-0.39, 0.29) is 41.0 Å². The Morgan fingerprint density at radius 3 is 2.53 bits per heavy atom. The van der Waals surface area contributed by atoms with Gasteiger partial charge in [0.25, 0.3) is 6.43 Å². The average Bonchev–Trinajstić information content (AvgIpc) is 2.73. The van der Waals surface area contributed by atoms with E-state index in [1.807, 2.05) is 4.90 Å². The van der Waals surface area contributed by atoms with Crippen molar-refractivity contribution in [3.05, 3.63) is 52.7 Å². The van der Waals surface area contributed by atoms with Crippen molar-refractivity contribution in [2.45, 2.75) is 19.4 Å². The average molecular weight is 486 g/mol. The lowest BCUT2D eigenvalue weighted by molar-refractivity contribution is 0.146. The zero-order valence-electron chi connectivity index (χ0n) is 16.9. The maximum atomic E-state index is 14.6. The van der Waals surface area contributed by atoms with Gasteiger partial charge in [-0.15, -0.1) is 0 Å². The maximum Gasteiger partial charge on any atom is 0.266 e. The van der Waals surface area contributed by atoms with Crippen molar-refractivity contribution in [1.29, 1.82) is 0 Å². The molecule has 3 heterocycles. The van der Waals surface area contributed by atoms with E-state index in [0.29, 0.717) is 16.9 Å². The van der Waals surface area contributed by atoms with Crippen molar-refractivity contribution in [2.75, 3.05) is 34.8 Å². The minimum Gasteiger partial charge on any atom is -0.367 e. The van der Waals surface area contributed by atoms with Gasteiger partial charge in [0.1, 0.15) is 18.0 Å².